The zero-order chi connectivity index (χ0) is 20.1. The van der Waals surface area contributed by atoms with Crippen LogP contribution in [0.2, 0.25) is 0 Å². The second-order valence-electron chi connectivity index (χ2n) is 7.37. The topological polar surface area (TPSA) is 58.6 Å². The fraction of sp³-hybridized carbons (Fsp3) is 0.391. The van der Waals surface area contributed by atoms with Crippen molar-refractivity contribution in [2.45, 2.75) is 52.6 Å². The number of anilines is 1. The summed E-state index contributed by atoms with van der Waals surface area (Å²) in [5, 5.41) is 2.88. The molecule has 0 saturated heterocycles. The van der Waals surface area contributed by atoms with Gasteiger partial charge in [-0.2, -0.15) is 0 Å². The lowest BCUT2D eigenvalue weighted by atomic mass is 10.1. The van der Waals surface area contributed by atoms with Gasteiger partial charge in [-0.25, -0.2) is 0 Å². The van der Waals surface area contributed by atoms with Crippen LogP contribution in [0, 0.1) is 13.8 Å². The summed E-state index contributed by atoms with van der Waals surface area (Å²) in [6.45, 7) is 7.02. The summed E-state index contributed by atoms with van der Waals surface area (Å²) in [5.74, 6) is 0.429. The van der Waals surface area contributed by atoms with Crippen LogP contribution in [0.25, 0.3) is 0 Å². The maximum Gasteiger partial charge on any atom is 0.233 e. The van der Waals surface area contributed by atoms with Crippen molar-refractivity contribution in [2.75, 3.05) is 11.9 Å². The average molecular weight is 380 g/mol. The third kappa shape index (κ3) is 5.35. The molecule has 2 amide bonds. The van der Waals surface area contributed by atoms with Gasteiger partial charge in [0.25, 0.3) is 0 Å². The smallest absolute Gasteiger partial charge is 0.233 e. The molecule has 1 N–H and O–H groups in total. The van der Waals surface area contributed by atoms with E-state index in [4.69, 9.17) is 4.74 Å². The first-order valence-electron chi connectivity index (χ1n) is 9.84. The van der Waals surface area contributed by atoms with Crippen LogP contribution < -0.4 is 10.1 Å². The predicted molar refractivity (Wildman–Crippen MR) is 110 cm³/mol. The van der Waals surface area contributed by atoms with E-state index in [0.717, 1.165) is 41.0 Å². The van der Waals surface area contributed by atoms with Gasteiger partial charge in [-0.05, 0) is 68.5 Å². The number of nitrogens with zero attached hydrogens (tertiary/aromatic N) is 1. The van der Waals surface area contributed by atoms with Gasteiger partial charge in [0.05, 0.1) is 6.61 Å². The summed E-state index contributed by atoms with van der Waals surface area (Å²) in [5.41, 5.74) is 3.86. The van der Waals surface area contributed by atoms with E-state index in [1.54, 1.807) is 0 Å². The minimum atomic E-state index is -0.268. The fourth-order valence-electron chi connectivity index (χ4n) is 3.17. The van der Waals surface area contributed by atoms with E-state index in [9.17, 15) is 9.59 Å². The molecule has 148 valence electrons. The van der Waals surface area contributed by atoms with E-state index in [-0.39, 0.29) is 24.3 Å². The Kier molecular flexibility index (Phi) is 6.34. The summed E-state index contributed by atoms with van der Waals surface area (Å²) < 4.78 is 5.47. The highest BCUT2D eigenvalue weighted by Crippen LogP contribution is 2.29. The Bertz CT molecular complexity index is 841. The molecule has 28 heavy (non-hydrogen) atoms. The third-order valence-electron chi connectivity index (χ3n) is 4.87. The van der Waals surface area contributed by atoms with Crippen molar-refractivity contribution in [3.63, 3.8) is 0 Å². The SMILES string of the molecule is CCOc1ccc(CN(C(=O)CC(=O)Nc2cc(C)ccc2C)C2CC2)cc1. The lowest BCUT2D eigenvalue weighted by Gasteiger charge is -2.22. The molecule has 1 saturated carbocycles. The second-order valence-corrected chi connectivity index (χ2v) is 7.37. The fourth-order valence-corrected chi connectivity index (χ4v) is 3.17. The highest BCUT2D eigenvalue weighted by atomic mass is 16.5. The maximum atomic E-state index is 12.8. The Morgan fingerprint density at radius 3 is 2.46 bits per heavy atom. The average Bonchev–Trinajstić information content (AvgIpc) is 3.49. The van der Waals surface area contributed by atoms with Crippen molar-refractivity contribution in [3.8, 4) is 5.75 Å². The van der Waals surface area contributed by atoms with Crippen LogP contribution in [0.4, 0.5) is 5.69 Å². The van der Waals surface area contributed by atoms with E-state index in [1.807, 2.05) is 68.1 Å². The van der Waals surface area contributed by atoms with E-state index in [0.29, 0.717) is 13.2 Å². The summed E-state index contributed by atoms with van der Waals surface area (Å²) in [6, 6.07) is 13.9. The monoisotopic (exact) mass is 380 g/mol. The van der Waals surface area contributed by atoms with E-state index < -0.39 is 0 Å². The van der Waals surface area contributed by atoms with Crippen LogP contribution in [0.1, 0.15) is 42.9 Å². The molecular formula is C23H28N2O3. The van der Waals surface area contributed by atoms with Crippen molar-refractivity contribution in [3.05, 3.63) is 59.2 Å². The Balaban J connectivity index is 1.61. The number of nitrogens with one attached hydrogen (secondary N) is 1. The van der Waals surface area contributed by atoms with Gasteiger partial charge in [0.1, 0.15) is 12.2 Å². The zero-order valence-electron chi connectivity index (χ0n) is 16.8. The van der Waals surface area contributed by atoms with Gasteiger partial charge < -0.3 is 15.0 Å². The maximum absolute atomic E-state index is 12.8. The van der Waals surface area contributed by atoms with Gasteiger partial charge in [-0.1, -0.05) is 24.3 Å². The summed E-state index contributed by atoms with van der Waals surface area (Å²) in [4.78, 5) is 27.1. The first kappa shape index (κ1) is 19.9. The molecule has 5 heteroatoms. The molecule has 1 aliphatic rings. The van der Waals surface area contributed by atoms with Gasteiger partial charge >= 0.3 is 0 Å². The summed E-state index contributed by atoms with van der Waals surface area (Å²) in [6.07, 6.45) is 1.86. The summed E-state index contributed by atoms with van der Waals surface area (Å²) in [7, 11) is 0. The molecule has 0 heterocycles. The van der Waals surface area contributed by atoms with Crippen LogP contribution in [0.15, 0.2) is 42.5 Å². The number of carbonyl (C=O) groups is 2. The number of amides is 2. The molecule has 0 radical (unpaired) electrons. The molecular weight excluding hydrogens is 352 g/mol. The van der Waals surface area contributed by atoms with E-state index in [1.165, 1.54) is 0 Å². The molecule has 0 aromatic heterocycles. The van der Waals surface area contributed by atoms with Gasteiger partial charge in [0, 0.05) is 18.3 Å². The summed E-state index contributed by atoms with van der Waals surface area (Å²) >= 11 is 0. The molecule has 3 rings (SSSR count). The number of ether oxygens (including phenoxy) is 1. The molecule has 1 fully saturated rings. The van der Waals surface area contributed by atoms with Crippen LogP contribution in [-0.2, 0) is 16.1 Å². The Hall–Kier alpha value is -2.82. The Labute approximate surface area is 166 Å². The van der Waals surface area contributed by atoms with Crippen molar-refractivity contribution in [1.29, 1.82) is 0 Å². The number of hydrogen-bond acceptors (Lipinski definition) is 3. The third-order valence-corrected chi connectivity index (χ3v) is 4.87. The van der Waals surface area contributed by atoms with Crippen molar-refractivity contribution >= 4 is 17.5 Å². The standard InChI is InChI=1S/C23H28N2O3/c1-4-28-20-11-7-18(8-12-20)15-25(19-9-10-19)23(27)14-22(26)24-21-13-16(2)5-6-17(21)3/h5-8,11-13,19H,4,9-10,14-15H2,1-3H3,(H,24,26). The quantitative estimate of drug-likeness (QED) is 0.698. The van der Waals surface area contributed by atoms with Gasteiger partial charge in [-0.15, -0.1) is 0 Å². The lowest BCUT2D eigenvalue weighted by molar-refractivity contribution is -0.135. The Morgan fingerprint density at radius 2 is 1.82 bits per heavy atom. The van der Waals surface area contributed by atoms with Crippen LogP contribution in [-0.4, -0.2) is 29.4 Å². The Morgan fingerprint density at radius 1 is 1.11 bits per heavy atom. The first-order valence-corrected chi connectivity index (χ1v) is 9.84. The van der Waals surface area contributed by atoms with Gasteiger partial charge in [0.2, 0.25) is 11.8 Å². The number of rotatable bonds is 8. The van der Waals surface area contributed by atoms with Crippen LogP contribution in [0.3, 0.4) is 0 Å². The number of aryl methyl sites for hydroxylation is 2. The minimum absolute atomic E-state index is 0.126. The second kappa shape index (κ2) is 8.91. The normalized spacial score (nSPS) is 13.1. The molecule has 0 spiro atoms. The molecule has 0 aliphatic heterocycles. The molecule has 0 unspecified atom stereocenters. The van der Waals surface area contributed by atoms with Crippen LogP contribution in [0.5, 0.6) is 5.75 Å². The minimum Gasteiger partial charge on any atom is -0.494 e. The van der Waals surface area contributed by atoms with E-state index in [2.05, 4.69) is 5.32 Å². The largest absolute Gasteiger partial charge is 0.494 e. The molecule has 2 aromatic rings. The number of hydrogen-bond donors (Lipinski definition) is 1. The molecule has 1 aliphatic carbocycles. The molecule has 2 aromatic carbocycles. The van der Waals surface area contributed by atoms with Crippen molar-refractivity contribution in [1.82, 2.24) is 4.90 Å². The highest BCUT2D eigenvalue weighted by Gasteiger charge is 2.33. The van der Waals surface area contributed by atoms with Gasteiger partial charge in [0.15, 0.2) is 0 Å². The lowest BCUT2D eigenvalue weighted by Crippen LogP contribution is -2.35. The van der Waals surface area contributed by atoms with Crippen molar-refractivity contribution in [2.24, 2.45) is 0 Å². The van der Waals surface area contributed by atoms with Gasteiger partial charge in [-0.3, -0.25) is 9.59 Å². The molecule has 5 nitrogen and oxygen atoms in total. The number of benzene rings is 2. The molecule has 0 atom stereocenters. The predicted octanol–water partition coefficient (Wildman–Crippen LogP) is 4.22. The van der Waals surface area contributed by atoms with E-state index >= 15 is 0 Å². The molecule has 0 bridgehead atoms. The number of carbonyl (C=O) groups excluding carboxylic acids is 2. The van der Waals surface area contributed by atoms with Crippen molar-refractivity contribution < 1.29 is 14.3 Å². The van der Waals surface area contributed by atoms with Crippen LogP contribution >= 0.6 is 0 Å². The zero-order valence-corrected chi connectivity index (χ0v) is 16.8. The first-order chi connectivity index (χ1) is 13.5. The highest BCUT2D eigenvalue weighted by molar-refractivity contribution is 6.04.